The fourth-order valence-corrected chi connectivity index (χ4v) is 3.20. The second kappa shape index (κ2) is 8.95. The standard InChI is InChI=1S/C17H24N6O2.ClH/c1-12(24)22-10-13(6-7-14(18)11-22)17(25)19-8-9-23-16-5-3-2-4-15(16)20-21-23;/h2-5,13-14H,6-11,18H2,1H3,(H,19,25);1H/t13-,14+;/m1./s1. The number of carbonyl (C=O) groups excluding carboxylic acids is 2. The third-order valence-corrected chi connectivity index (χ3v) is 4.64. The van der Waals surface area contributed by atoms with Crippen LogP contribution in [0.4, 0.5) is 0 Å². The Morgan fingerprint density at radius 3 is 2.81 bits per heavy atom. The van der Waals surface area contributed by atoms with E-state index in [4.69, 9.17) is 5.73 Å². The minimum atomic E-state index is -0.218. The predicted molar refractivity (Wildman–Crippen MR) is 101 cm³/mol. The van der Waals surface area contributed by atoms with Crippen molar-refractivity contribution in [1.82, 2.24) is 25.2 Å². The Labute approximate surface area is 158 Å². The van der Waals surface area contributed by atoms with Gasteiger partial charge in [-0.2, -0.15) is 0 Å². The highest BCUT2D eigenvalue weighted by Crippen LogP contribution is 2.16. The molecule has 3 N–H and O–H groups in total. The number of nitrogens with two attached hydrogens (primary N) is 1. The number of fused-ring (bicyclic) bond motifs is 1. The Bertz CT molecular complexity index is 765. The van der Waals surface area contributed by atoms with Gasteiger partial charge in [-0.15, -0.1) is 17.5 Å². The molecule has 142 valence electrons. The van der Waals surface area contributed by atoms with Crippen LogP contribution in [0.15, 0.2) is 24.3 Å². The molecule has 0 saturated carbocycles. The van der Waals surface area contributed by atoms with Gasteiger partial charge < -0.3 is 16.0 Å². The molecule has 0 bridgehead atoms. The lowest BCUT2D eigenvalue weighted by Gasteiger charge is -2.23. The van der Waals surface area contributed by atoms with Gasteiger partial charge >= 0.3 is 0 Å². The third kappa shape index (κ3) is 4.70. The van der Waals surface area contributed by atoms with Crippen LogP contribution < -0.4 is 11.1 Å². The molecule has 1 saturated heterocycles. The molecule has 0 spiro atoms. The minimum absolute atomic E-state index is 0. The predicted octanol–water partition coefficient (Wildman–Crippen LogP) is 0.555. The highest BCUT2D eigenvalue weighted by Gasteiger charge is 2.28. The molecule has 26 heavy (non-hydrogen) atoms. The number of amides is 2. The van der Waals surface area contributed by atoms with Crippen molar-refractivity contribution in [2.45, 2.75) is 32.4 Å². The average Bonchev–Trinajstić information content (AvgIpc) is 2.89. The molecule has 9 heteroatoms. The van der Waals surface area contributed by atoms with Gasteiger partial charge in [0.1, 0.15) is 5.52 Å². The maximum atomic E-state index is 12.5. The highest BCUT2D eigenvalue weighted by molar-refractivity contribution is 5.85. The topological polar surface area (TPSA) is 106 Å². The summed E-state index contributed by atoms with van der Waals surface area (Å²) in [5.74, 6) is -0.293. The van der Waals surface area contributed by atoms with E-state index in [1.807, 2.05) is 24.3 Å². The number of rotatable bonds is 4. The largest absolute Gasteiger partial charge is 0.354 e. The fourth-order valence-electron chi connectivity index (χ4n) is 3.20. The first kappa shape index (κ1) is 20.1. The number of hydrogen-bond donors (Lipinski definition) is 2. The van der Waals surface area contributed by atoms with Crippen molar-refractivity contribution in [3.8, 4) is 0 Å². The number of benzene rings is 1. The molecule has 2 atom stereocenters. The maximum Gasteiger partial charge on any atom is 0.224 e. The van der Waals surface area contributed by atoms with E-state index in [0.717, 1.165) is 17.5 Å². The van der Waals surface area contributed by atoms with E-state index in [0.29, 0.717) is 32.6 Å². The van der Waals surface area contributed by atoms with E-state index in [-0.39, 0.29) is 36.2 Å². The van der Waals surface area contributed by atoms with Crippen molar-refractivity contribution in [2.24, 2.45) is 11.7 Å². The van der Waals surface area contributed by atoms with E-state index in [1.165, 1.54) is 6.92 Å². The summed E-state index contributed by atoms with van der Waals surface area (Å²) >= 11 is 0. The summed E-state index contributed by atoms with van der Waals surface area (Å²) in [6, 6.07) is 7.65. The van der Waals surface area contributed by atoms with Gasteiger partial charge in [0, 0.05) is 32.6 Å². The Balaban J connectivity index is 0.00000243. The Morgan fingerprint density at radius 1 is 1.27 bits per heavy atom. The number of nitrogens with zero attached hydrogens (tertiary/aromatic N) is 4. The highest BCUT2D eigenvalue weighted by atomic mass is 35.5. The third-order valence-electron chi connectivity index (χ3n) is 4.64. The number of carbonyl (C=O) groups is 2. The second-order valence-electron chi connectivity index (χ2n) is 6.55. The summed E-state index contributed by atoms with van der Waals surface area (Å²) in [7, 11) is 0. The fraction of sp³-hybridized carbons (Fsp3) is 0.529. The van der Waals surface area contributed by atoms with Crippen molar-refractivity contribution in [2.75, 3.05) is 19.6 Å². The summed E-state index contributed by atoms with van der Waals surface area (Å²) in [5.41, 5.74) is 7.78. The molecular formula is C17H25ClN6O2. The molecular weight excluding hydrogens is 356 g/mol. The van der Waals surface area contributed by atoms with Gasteiger partial charge in [-0.25, -0.2) is 4.68 Å². The SMILES string of the molecule is CC(=O)N1C[C@@H](N)CC[C@@H](C(=O)NCCn2nnc3ccccc32)C1.Cl. The first-order chi connectivity index (χ1) is 12.0. The van der Waals surface area contributed by atoms with Crippen LogP contribution in [0.25, 0.3) is 11.0 Å². The summed E-state index contributed by atoms with van der Waals surface area (Å²) in [5, 5.41) is 11.2. The molecule has 0 unspecified atom stereocenters. The minimum Gasteiger partial charge on any atom is -0.354 e. The number of likely N-dealkylation sites (tertiary alicyclic amines) is 1. The number of aromatic nitrogens is 3. The number of hydrogen-bond acceptors (Lipinski definition) is 5. The zero-order valence-corrected chi connectivity index (χ0v) is 15.6. The smallest absolute Gasteiger partial charge is 0.224 e. The lowest BCUT2D eigenvalue weighted by molar-refractivity contribution is -0.131. The lowest BCUT2D eigenvalue weighted by Crippen LogP contribution is -2.42. The van der Waals surface area contributed by atoms with Crippen molar-refractivity contribution in [3.05, 3.63) is 24.3 Å². The van der Waals surface area contributed by atoms with Crippen molar-refractivity contribution in [1.29, 1.82) is 0 Å². The van der Waals surface area contributed by atoms with Crippen molar-refractivity contribution < 1.29 is 9.59 Å². The lowest BCUT2D eigenvalue weighted by atomic mass is 10.0. The Kier molecular flexibility index (Phi) is 6.93. The molecule has 1 aliphatic rings. The monoisotopic (exact) mass is 380 g/mol. The van der Waals surface area contributed by atoms with E-state index in [2.05, 4.69) is 15.6 Å². The molecule has 3 rings (SSSR count). The van der Waals surface area contributed by atoms with Crippen LogP contribution in [0.3, 0.4) is 0 Å². The van der Waals surface area contributed by atoms with Crippen LogP contribution in [0.2, 0.25) is 0 Å². The van der Waals surface area contributed by atoms with Gasteiger partial charge in [0.25, 0.3) is 0 Å². The van der Waals surface area contributed by atoms with Gasteiger partial charge in [-0.05, 0) is 25.0 Å². The first-order valence-electron chi connectivity index (χ1n) is 8.61. The van der Waals surface area contributed by atoms with E-state index in [9.17, 15) is 9.59 Å². The van der Waals surface area contributed by atoms with Crippen LogP contribution in [-0.4, -0.2) is 57.4 Å². The molecule has 1 aromatic heterocycles. The zero-order chi connectivity index (χ0) is 17.8. The summed E-state index contributed by atoms with van der Waals surface area (Å²) < 4.78 is 1.78. The molecule has 0 aliphatic carbocycles. The summed E-state index contributed by atoms with van der Waals surface area (Å²) in [4.78, 5) is 25.8. The van der Waals surface area contributed by atoms with Crippen LogP contribution in [-0.2, 0) is 16.1 Å². The van der Waals surface area contributed by atoms with E-state index in [1.54, 1.807) is 9.58 Å². The zero-order valence-electron chi connectivity index (χ0n) is 14.8. The summed E-state index contributed by atoms with van der Waals surface area (Å²) in [6.07, 6.45) is 1.44. The van der Waals surface area contributed by atoms with E-state index >= 15 is 0 Å². The maximum absolute atomic E-state index is 12.5. The summed E-state index contributed by atoms with van der Waals surface area (Å²) in [6.45, 7) is 3.48. The molecule has 2 heterocycles. The van der Waals surface area contributed by atoms with Crippen LogP contribution in [0.1, 0.15) is 19.8 Å². The van der Waals surface area contributed by atoms with Crippen molar-refractivity contribution >= 4 is 35.3 Å². The van der Waals surface area contributed by atoms with Gasteiger partial charge in [0.15, 0.2) is 0 Å². The molecule has 8 nitrogen and oxygen atoms in total. The van der Waals surface area contributed by atoms with Gasteiger partial charge in [0.2, 0.25) is 11.8 Å². The number of para-hydroxylation sites is 1. The molecule has 1 fully saturated rings. The molecule has 2 amide bonds. The molecule has 1 aliphatic heterocycles. The van der Waals surface area contributed by atoms with Gasteiger partial charge in [-0.3, -0.25) is 9.59 Å². The van der Waals surface area contributed by atoms with Crippen LogP contribution >= 0.6 is 12.4 Å². The normalized spacial score (nSPS) is 20.3. The Morgan fingerprint density at radius 2 is 2.04 bits per heavy atom. The van der Waals surface area contributed by atoms with Gasteiger partial charge in [-0.1, -0.05) is 17.3 Å². The number of nitrogens with one attached hydrogen (secondary N) is 1. The number of halogens is 1. The first-order valence-corrected chi connectivity index (χ1v) is 8.61. The van der Waals surface area contributed by atoms with Crippen molar-refractivity contribution in [3.63, 3.8) is 0 Å². The van der Waals surface area contributed by atoms with Crippen LogP contribution in [0.5, 0.6) is 0 Å². The second-order valence-corrected chi connectivity index (χ2v) is 6.55. The van der Waals surface area contributed by atoms with E-state index < -0.39 is 0 Å². The molecule has 0 radical (unpaired) electrons. The average molecular weight is 381 g/mol. The molecule has 1 aromatic carbocycles. The van der Waals surface area contributed by atoms with Gasteiger partial charge in [0.05, 0.1) is 18.0 Å². The Hall–Kier alpha value is -2.19. The quantitative estimate of drug-likeness (QED) is 0.805. The molecule has 2 aromatic rings. The van der Waals surface area contributed by atoms with Crippen LogP contribution in [0, 0.1) is 5.92 Å².